The Kier molecular flexibility index (Phi) is 7.11. The fourth-order valence-corrected chi connectivity index (χ4v) is 1.85. The molecule has 1 rings (SSSR count). The second-order valence-electron chi connectivity index (χ2n) is 4.39. The summed E-state index contributed by atoms with van der Waals surface area (Å²) in [7, 11) is 0. The molecule has 6 heteroatoms. The predicted octanol–water partition coefficient (Wildman–Crippen LogP) is 0.938. The summed E-state index contributed by atoms with van der Waals surface area (Å²) in [5.41, 5.74) is -0.0181. The summed E-state index contributed by atoms with van der Waals surface area (Å²) in [4.78, 5) is 13.4. The molecule has 0 saturated carbocycles. The minimum absolute atomic E-state index is 0.0123. The minimum Gasteiger partial charge on any atom is -0.395 e. The molecule has 0 aliphatic carbocycles. The first-order valence-electron chi connectivity index (χ1n) is 6.61. The molecule has 112 valence electrons. The lowest BCUT2D eigenvalue weighted by molar-refractivity contribution is -0.122. The summed E-state index contributed by atoms with van der Waals surface area (Å²) in [5, 5.41) is 11.4. The highest BCUT2D eigenvalue weighted by atomic mass is 19.1. The van der Waals surface area contributed by atoms with Crippen molar-refractivity contribution >= 4 is 5.91 Å². The Labute approximate surface area is 117 Å². The van der Waals surface area contributed by atoms with Crippen LogP contribution in [0.25, 0.3) is 0 Å². The van der Waals surface area contributed by atoms with Gasteiger partial charge in [-0.15, -0.1) is 0 Å². The molecule has 0 bridgehead atoms. The molecular formula is C14H20F2N2O2. The Morgan fingerprint density at radius 1 is 1.35 bits per heavy atom. The predicted molar refractivity (Wildman–Crippen MR) is 72.3 cm³/mol. The third kappa shape index (κ3) is 5.22. The van der Waals surface area contributed by atoms with Crippen LogP contribution in [0.3, 0.4) is 0 Å². The fraction of sp³-hybridized carbons (Fsp3) is 0.500. The maximum Gasteiger partial charge on any atom is 0.234 e. The molecule has 0 radical (unpaired) electrons. The Bertz CT molecular complexity index is 421. The number of likely N-dealkylation sites (N-methyl/N-ethyl adjacent to an activating group) is 1. The SMILES string of the molecule is CCN(CCO)CC(=O)NCCc1c(F)cccc1F. The second kappa shape index (κ2) is 8.60. The molecule has 0 aliphatic rings. The number of aliphatic hydroxyl groups excluding tert-OH is 1. The molecule has 0 spiro atoms. The van der Waals surface area contributed by atoms with E-state index in [9.17, 15) is 13.6 Å². The number of hydrogen-bond acceptors (Lipinski definition) is 3. The van der Waals surface area contributed by atoms with Crippen molar-refractivity contribution in [2.24, 2.45) is 0 Å². The summed E-state index contributed by atoms with van der Waals surface area (Å²) in [5.74, 6) is -1.43. The van der Waals surface area contributed by atoms with Crippen molar-refractivity contribution in [2.75, 3.05) is 32.8 Å². The van der Waals surface area contributed by atoms with Gasteiger partial charge in [-0.1, -0.05) is 13.0 Å². The maximum absolute atomic E-state index is 13.4. The van der Waals surface area contributed by atoms with Gasteiger partial charge in [-0.3, -0.25) is 9.69 Å². The quantitative estimate of drug-likeness (QED) is 0.748. The lowest BCUT2D eigenvalue weighted by Crippen LogP contribution is -2.39. The Morgan fingerprint density at radius 3 is 2.55 bits per heavy atom. The van der Waals surface area contributed by atoms with Crippen LogP contribution in [-0.4, -0.2) is 48.7 Å². The molecule has 4 nitrogen and oxygen atoms in total. The average molecular weight is 286 g/mol. The first kappa shape index (κ1) is 16.5. The van der Waals surface area contributed by atoms with Crippen molar-refractivity contribution in [3.63, 3.8) is 0 Å². The molecule has 0 saturated heterocycles. The highest BCUT2D eigenvalue weighted by Gasteiger charge is 2.10. The van der Waals surface area contributed by atoms with E-state index >= 15 is 0 Å². The molecule has 20 heavy (non-hydrogen) atoms. The zero-order valence-electron chi connectivity index (χ0n) is 11.5. The molecular weight excluding hydrogens is 266 g/mol. The van der Waals surface area contributed by atoms with E-state index in [-0.39, 0.29) is 37.6 Å². The van der Waals surface area contributed by atoms with Crippen LogP contribution in [0.1, 0.15) is 12.5 Å². The van der Waals surface area contributed by atoms with E-state index in [1.165, 1.54) is 18.2 Å². The van der Waals surface area contributed by atoms with Crippen LogP contribution in [0, 0.1) is 11.6 Å². The van der Waals surface area contributed by atoms with E-state index < -0.39 is 11.6 Å². The van der Waals surface area contributed by atoms with E-state index in [1.54, 1.807) is 4.90 Å². The summed E-state index contributed by atoms with van der Waals surface area (Å²) in [6.45, 7) is 3.28. The van der Waals surface area contributed by atoms with E-state index in [0.717, 1.165) is 0 Å². The van der Waals surface area contributed by atoms with Crippen molar-refractivity contribution in [1.29, 1.82) is 0 Å². The Morgan fingerprint density at radius 2 is 2.00 bits per heavy atom. The maximum atomic E-state index is 13.4. The zero-order chi connectivity index (χ0) is 15.0. The van der Waals surface area contributed by atoms with Crippen molar-refractivity contribution in [3.8, 4) is 0 Å². The van der Waals surface area contributed by atoms with Gasteiger partial charge in [0.1, 0.15) is 11.6 Å². The molecule has 1 amide bonds. The van der Waals surface area contributed by atoms with Gasteiger partial charge in [-0.05, 0) is 25.1 Å². The number of aliphatic hydroxyl groups is 1. The molecule has 1 aromatic rings. The summed E-state index contributed by atoms with van der Waals surface area (Å²) in [6.07, 6.45) is 0.108. The van der Waals surface area contributed by atoms with Crippen molar-refractivity contribution < 1.29 is 18.7 Å². The van der Waals surface area contributed by atoms with E-state index in [4.69, 9.17) is 5.11 Å². The highest BCUT2D eigenvalue weighted by Crippen LogP contribution is 2.11. The largest absolute Gasteiger partial charge is 0.395 e. The molecule has 0 aliphatic heterocycles. The van der Waals surface area contributed by atoms with Gasteiger partial charge in [0.15, 0.2) is 0 Å². The number of halogens is 2. The number of nitrogens with one attached hydrogen (secondary N) is 1. The smallest absolute Gasteiger partial charge is 0.234 e. The average Bonchev–Trinajstić information content (AvgIpc) is 2.41. The van der Waals surface area contributed by atoms with E-state index in [1.807, 2.05) is 6.92 Å². The Balaban J connectivity index is 2.38. The molecule has 2 N–H and O–H groups in total. The monoisotopic (exact) mass is 286 g/mol. The van der Waals surface area contributed by atoms with Crippen LogP contribution in [-0.2, 0) is 11.2 Å². The molecule has 1 aromatic carbocycles. The van der Waals surface area contributed by atoms with Crippen molar-refractivity contribution in [3.05, 3.63) is 35.4 Å². The normalized spacial score (nSPS) is 10.8. The third-order valence-electron chi connectivity index (χ3n) is 2.99. The fourth-order valence-electron chi connectivity index (χ4n) is 1.85. The number of rotatable bonds is 8. The second-order valence-corrected chi connectivity index (χ2v) is 4.39. The Hall–Kier alpha value is -1.53. The van der Waals surface area contributed by atoms with Crippen LogP contribution in [0.4, 0.5) is 8.78 Å². The van der Waals surface area contributed by atoms with Gasteiger partial charge in [0.2, 0.25) is 5.91 Å². The van der Waals surface area contributed by atoms with Gasteiger partial charge in [0.25, 0.3) is 0 Å². The minimum atomic E-state index is -0.602. The number of carbonyl (C=O) groups is 1. The van der Waals surface area contributed by atoms with Gasteiger partial charge in [0, 0.05) is 18.7 Å². The van der Waals surface area contributed by atoms with Crippen molar-refractivity contribution in [2.45, 2.75) is 13.3 Å². The number of carbonyl (C=O) groups excluding carboxylic acids is 1. The molecule has 0 fully saturated rings. The van der Waals surface area contributed by atoms with Gasteiger partial charge in [0.05, 0.1) is 13.2 Å². The first-order valence-corrected chi connectivity index (χ1v) is 6.61. The van der Waals surface area contributed by atoms with Crippen LogP contribution >= 0.6 is 0 Å². The summed E-state index contributed by atoms with van der Waals surface area (Å²) in [6, 6.07) is 3.70. The van der Waals surface area contributed by atoms with E-state index in [0.29, 0.717) is 13.1 Å². The van der Waals surface area contributed by atoms with Crippen LogP contribution in [0.5, 0.6) is 0 Å². The lowest BCUT2D eigenvalue weighted by atomic mass is 10.1. The summed E-state index contributed by atoms with van der Waals surface area (Å²) >= 11 is 0. The van der Waals surface area contributed by atoms with Crippen molar-refractivity contribution in [1.82, 2.24) is 10.2 Å². The number of hydrogen-bond donors (Lipinski definition) is 2. The molecule has 0 aromatic heterocycles. The van der Waals surface area contributed by atoms with Gasteiger partial charge >= 0.3 is 0 Å². The topological polar surface area (TPSA) is 52.6 Å². The van der Waals surface area contributed by atoms with Gasteiger partial charge < -0.3 is 10.4 Å². The number of nitrogens with zero attached hydrogens (tertiary/aromatic N) is 1. The third-order valence-corrected chi connectivity index (χ3v) is 2.99. The standard InChI is InChI=1S/C14H20F2N2O2/c1-2-18(8-9-19)10-14(20)17-7-6-11-12(15)4-3-5-13(11)16/h3-5,19H,2,6-10H2,1H3,(H,17,20). The zero-order valence-corrected chi connectivity index (χ0v) is 11.5. The van der Waals surface area contributed by atoms with Crippen LogP contribution < -0.4 is 5.32 Å². The van der Waals surface area contributed by atoms with Crippen LogP contribution in [0.15, 0.2) is 18.2 Å². The van der Waals surface area contributed by atoms with Gasteiger partial charge in [-0.2, -0.15) is 0 Å². The highest BCUT2D eigenvalue weighted by molar-refractivity contribution is 5.78. The van der Waals surface area contributed by atoms with E-state index in [2.05, 4.69) is 5.32 Å². The first-order chi connectivity index (χ1) is 9.58. The number of benzene rings is 1. The van der Waals surface area contributed by atoms with Crippen LogP contribution in [0.2, 0.25) is 0 Å². The lowest BCUT2D eigenvalue weighted by Gasteiger charge is -2.18. The van der Waals surface area contributed by atoms with Gasteiger partial charge in [-0.25, -0.2) is 8.78 Å². The summed E-state index contributed by atoms with van der Waals surface area (Å²) < 4.78 is 26.7. The molecule has 0 unspecified atom stereocenters. The molecule has 0 atom stereocenters. The molecule has 0 heterocycles. The number of amides is 1.